The molecule has 6 heteroatoms. The van der Waals surface area contributed by atoms with Gasteiger partial charge in [0.15, 0.2) is 0 Å². The summed E-state index contributed by atoms with van der Waals surface area (Å²) in [4.78, 5) is 12.5. The molecule has 0 aromatic heterocycles. The summed E-state index contributed by atoms with van der Waals surface area (Å²) < 4.78 is 36.6. The first kappa shape index (κ1) is 15.7. The third-order valence-corrected chi connectivity index (χ3v) is 2.11. The molecule has 1 amide bonds. The lowest BCUT2D eigenvalue weighted by Gasteiger charge is -2.26. The molecule has 0 spiro atoms. The van der Waals surface area contributed by atoms with Crippen molar-refractivity contribution in [3.05, 3.63) is 0 Å². The summed E-state index contributed by atoms with van der Waals surface area (Å²) in [7, 11) is 0. The predicted octanol–water partition coefficient (Wildman–Crippen LogP) is 3.21. The molecule has 0 aromatic carbocycles. The largest absolute Gasteiger partial charge is 0.406 e. The third-order valence-electron chi connectivity index (χ3n) is 1.76. The van der Waals surface area contributed by atoms with Crippen LogP contribution in [0.3, 0.4) is 0 Å². The fraction of sp³-hybridized carbons (Fsp3) is 0.900. The van der Waals surface area contributed by atoms with Crippen LogP contribution in [0.25, 0.3) is 0 Å². The molecule has 0 radical (unpaired) electrons. The normalized spacial score (nSPS) is 12.7. The van der Waals surface area contributed by atoms with Gasteiger partial charge in [0.2, 0.25) is 5.91 Å². The van der Waals surface area contributed by atoms with Crippen LogP contribution in [0.2, 0.25) is 0 Å². The van der Waals surface area contributed by atoms with Gasteiger partial charge in [-0.1, -0.05) is 36.7 Å². The molecule has 0 aliphatic rings. The molecule has 0 saturated carbocycles. The fourth-order valence-corrected chi connectivity index (χ4v) is 1.60. The standard InChI is InChI=1S/C10H17BrF3NO/c1-9(2,3)6-8(16)15(5-4-11)7-10(12,13)14/h4-7H2,1-3H3. The number of carbonyl (C=O) groups is 1. The minimum atomic E-state index is -4.34. The van der Waals surface area contributed by atoms with Crippen molar-refractivity contribution in [2.45, 2.75) is 33.4 Å². The van der Waals surface area contributed by atoms with Gasteiger partial charge in [-0.15, -0.1) is 0 Å². The molecule has 0 aromatic rings. The molecule has 0 saturated heterocycles. The first-order valence-electron chi connectivity index (χ1n) is 4.96. The molecule has 0 bridgehead atoms. The lowest BCUT2D eigenvalue weighted by Crippen LogP contribution is -2.41. The average Bonchev–Trinajstić information content (AvgIpc) is 1.97. The van der Waals surface area contributed by atoms with Crippen molar-refractivity contribution < 1.29 is 18.0 Å². The van der Waals surface area contributed by atoms with E-state index in [2.05, 4.69) is 15.9 Å². The first-order chi connectivity index (χ1) is 7.05. The van der Waals surface area contributed by atoms with Gasteiger partial charge in [-0.3, -0.25) is 4.79 Å². The molecule has 0 N–H and O–H groups in total. The fourth-order valence-electron chi connectivity index (χ4n) is 1.18. The smallest absolute Gasteiger partial charge is 0.333 e. The molecule has 96 valence electrons. The highest BCUT2D eigenvalue weighted by atomic mass is 79.9. The maximum atomic E-state index is 12.2. The molecule has 2 nitrogen and oxygen atoms in total. The predicted molar refractivity (Wildman–Crippen MR) is 60.5 cm³/mol. The number of amides is 1. The zero-order chi connectivity index (χ0) is 13.0. The monoisotopic (exact) mass is 303 g/mol. The summed E-state index contributed by atoms with van der Waals surface area (Å²) in [5, 5.41) is 0.346. The van der Waals surface area contributed by atoms with E-state index in [-0.39, 0.29) is 18.4 Å². The second-order valence-electron chi connectivity index (χ2n) is 4.86. The van der Waals surface area contributed by atoms with Crippen molar-refractivity contribution >= 4 is 21.8 Å². The van der Waals surface area contributed by atoms with Crippen molar-refractivity contribution in [2.75, 3.05) is 18.4 Å². The summed E-state index contributed by atoms with van der Waals surface area (Å²) in [5.41, 5.74) is -0.298. The molecular formula is C10H17BrF3NO. The Morgan fingerprint density at radius 3 is 2.06 bits per heavy atom. The van der Waals surface area contributed by atoms with E-state index in [0.29, 0.717) is 5.33 Å². The number of hydrogen-bond acceptors (Lipinski definition) is 1. The van der Waals surface area contributed by atoms with Gasteiger partial charge in [0.25, 0.3) is 0 Å². The van der Waals surface area contributed by atoms with Crippen molar-refractivity contribution in [2.24, 2.45) is 5.41 Å². The van der Waals surface area contributed by atoms with E-state index < -0.39 is 18.6 Å². The summed E-state index contributed by atoms with van der Waals surface area (Å²) in [6.45, 7) is 4.38. The highest BCUT2D eigenvalue weighted by molar-refractivity contribution is 9.09. The first-order valence-corrected chi connectivity index (χ1v) is 6.08. The molecule has 0 rings (SSSR count). The number of halogens is 4. The van der Waals surface area contributed by atoms with E-state index in [1.54, 1.807) is 0 Å². The Bertz CT molecular complexity index is 235. The van der Waals surface area contributed by atoms with Crippen molar-refractivity contribution in [3.63, 3.8) is 0 Å². The van der Waals surface area contributed by atoms with Crippen LogP contribution in [0.4, 0.5) is 13.2 Å². The Labute approximate surface area is 102 Å². The Balaban J connectivity index is 4.47. The third kappa shape index (κ3) is 7.96. The highest BCUT2D eigenvalue weighted by Crippen LogP contribution is 2.22. The number of hydrogen-bond donors (Lipinski definition) is 0. The van der Waals surface area contributed by atoms with Gasteiger partial charge in [0, 0.05) is 18.3 Å². The van der Waals surface area contributed by atoms with Gasteiger partial charge in [-0.05, 0) is 5.41 Å². The van der Waals surface area contributed by atoms with Gasteiger partial charge in [0.1, 0.15) is 6.54 Å². The van der Waals surface area contributed by atoms with Crippen LogP contribution in [0.5, 0.6) is 0 Å². The number of rotatable bonds is 4. The lowest BCUT2D eigenvalue weighted by molar-refractivity contribution is -0.161. The van der Waals surface area contributed by atoms with Gasteiger partial charge in [-0.25, -0.2) is 0 Å². The molecule has 0 atom stereocenters. The zero-order valence-corrected chi connectivity index (χ0v) is 11.3. The quantitative estimate of drug-likeness (QED) is 0.730. The van der Waals surface area contributed by atoms with Crippen LogP contribution in [-0.4, -0.2) is 35.4 Å². The van der Waals surface area contributed by atoms with E-state index in [1.807, 2.05) is 20.8 Å². The summed E-state index contributed by atoms with van der Waals surface area (Å²) in [5.74, 6) is -0.454. The molecular weight excluding hydrogens is 287 g/mol. The molecule has 0 unspecified atom stereocenters. The van der Waals surface area contributed by atoms with Gasteiger partial charge in [-0.2, -0.15) is 13.2 Å². The molecule has 0 aliphatic heterocycles. The summed E-state index contributed by atoms with van der Waals surface area (Å²) in [6.07, 6.45) is -4.22. The molecule has 0 heterocycles. The van der Waals surface area contributed by atoms with Crippen LogP contribution >= 0.6 is 15.9 Å². The Morgan fingerprint density at radius 1 is 1.25 bits per heavy atom. The van der Waals surface area contributed by atoms with Crippen LogP contribution in [0.1, 0.15) is 27.2 Å². The van der Waals surface area contributed by atoms with E-state index in [9.17, 15) is 18.0 Å². The summed E-state index contributed by atoms with van der Waals surface area (Å²) >= 11 is 3.04. The minimum absolute atomic E-state index is 0.0778. The Hall–Kier alpha value is -0.260. The number of nitrogens with zero attached hydrogens (tertiary/aromatic N) is 1. The van der Waals surface area contributed by atoms with Gasteiger partial charge >= 0.3 is 6.18 Å². The highest BCUT2D eigenvalue weighted by Gasteiger charge is 2.33. The van der Waals surface area contributed by atoms with E-state index in [0.717, 1.165) is 4.90 Å². The van der Waals surface area contributed by atoms with E-state index >= 15 is 0 Å². The van der Waals surface area contributed by atoms with Gasteiger partial charge in [0.05, 0.1) is 0 Å². The topological polar surface area (TPSA) is 20.3 Å². The maximum Gasteiger partial charge on any atom is 0.406 e. The van der Waals surface area contributed by atoms with Crippen LogP contribution in [0, 0.1) is 5.41 Å². The second-order valence-corrected chi connectivity index (χ2v) is 5.65. The van der Waals surface area contributed by atoms with Gasteiger partial charge < -0.3 is 4.90 Å². The van der Waals surface area contributed by atoms with E-state index in [1.165, 1.54) is 0 Å². The minimum Gasteiger partial charge on any atom is -0.333 e. The zero-order valence-electron chi connectivity index (χ0n) is 9.70. The summed E-state index contributed by atoms with van der Waals surface area (Å²) in [6, 6.07) is 0. The number of alkyl halides is 4. The number of carbonyl (C=O) groups excluding carboxylic acids is 1. The Kier molecular flexibility index (Phi) is 5.79. The molecule has 0 fully saturated rings. The van der Waals surface area contributed by atoms with Crippen LogP contribution in [-0.2, 0) is 4.79 Å². The van der Waals surface area contributed by atoms with Crippen molar-refractivity contribution in [3.8, 4) is 0 Å². The maximum absolute atomic E-state index is 12.2. The SMILES string of the molecule is CC(C)(C)CC(=O)N(CCBr)CC(F)(F)F. The van der Waals surface area contributed by atoms with Crippen LogP contribution in [0.15, 0.2) is 0 Å². The van der Waals surface area contributed by atoms with Crippen LogP contribution < -0.4 is 0 Å². The van der Waals surface area contributed by atoms with E-state index in [4.69, 9.17) is 0 Å². The Morgan fingerprint density at radius 2 is 1.75 bits per heavy atom. The van der Waals surface area contributed by atoms with Crippen molar-refractivity contribution in [1.82, 2.24) is 4.90 Å². The lowest BCUT2D eigenvalue weighted by atomic mass is 9.91. The molecule has 0 aliphatic carbocycles. The second kappa shape index (κ2) is 5.89. The average molecular weight is 304 g/mol. The van der Waals surface area contributed by atoms with Crippen molar-refractivity contribution in [1.29, 1.82) is 0 Å². The molecule has 16 heavy (non-hydrogen) atoms.